The van der Waals surface area contributed by atoms with Gasteiger partial charge in [0.1, 0.15) is 0 Å². The Kier molecular flexibility index (Phi) is 4.77. The van der Waals surface area contributed by atoms with Gasteiger partial charge in [-0.2, -0.15) is 0 Å². The van der Waals surface area contributed by atoms with Crippen LogP contribution in [-0.4, -0.2) is 14.5 Å². The van der Waals surface area contributed by atoms with E-state index in [0.717, 1.165) is 22.6 Å². The Morgan fingerprint density at radius 3 is 2.18 bits per heavy atom. The van der Waals surface area contributed by atoms with Crippen LogP contribution in [0.1, 0.15) is 25.1 Å². The zero-order valence-electron chi connectivity index (χ0n) is 19.3. The van der Waals surface area contributed by atoms with Crippen LogP contribution in [-0.2, 0) is 5.41 Å². The van der Waals surface area contributed by atoms with Crippen LogP contribution in [0.3, 0.4) is 0 Å². The van der Waals surface area contributed by atoms with Gasteiger partial charge in [0.05, 0.1) is 22.4 Å². The van der Waals surface area contributed by atoms with E-state index in [9.17, 15) is 0 Å². The maximum absolute atomic E-state index is 4.66. The number of para-hydroxylation sites is 1. The third-order valence-corrected chi connectivity index (χ3v) is 6.77. The monoisotopic (exact) mass is 439 g/mol. The summed E-state index contributed by atoms with van der Waals surface area (Å²) in [4.78, 5) is 9.22. The summed E-state index contributed by atoms with van der Waals surface area (Å²) in [6.45, 7) is 4.48. The summed E-state index contributed by atoms with van der Waals surface area (Å²) >= 11 is 0. The van der Waals surface area contributed by atoms with Crippen LogP contribution >= 0.6 is 0 Å². The molecule has 0 bridgehead atoms. The van der Waals surface area contributed by atoms with Gasteiger partial charge in [0.25, 0.3) is 0 Å². The van der Waals surface area contributed by atoms with E-state index in [1.54, 1.807) is 0 Å². The molecule has 0 saturated heterocycles. The summed E-state index contributed by atoms with van der Waals surface area (Å²) in [5, 5.41) is 2.50. The molecule has 3 aromatic carbocycles. The highest BCUT2D eigenvalue weighted by molar-refractivity contribution is 6.09. The summed E-state index contributed by atoms with van der Waals surface area (Å²) < 4.78 is 2.37. The third kappa shape index (κ3) is 3.29. The van der Waals surface area contributed by atoms with E-state index >= 15 is 0 Å². The molecule has 0 atom stereocenters. The standard InChI is InChI=1S/C31H25N3/c1-31(2,30-15-6-8-19-33-30)23-16-17-26-25-12-3-4-14-28(25)34(29(26)21-23)24-11-9-10-22(20-24)27-13-5-7-18-32-27/h3-21H,1-2H3. The molecule has 0 saturated carbocycles. The molecular weight excluding hydrogens is 414 g/mol. The molecule has 3 heteroatoms. The van der Waals surface area contributed by atoms with Crippen molar-refractivity contribution in [2.75, 3.05) is 0 Å². The first kappa shape index (κ1) is 20.4. The lowest BCUT2D eigenvalue weighted by Crippen LogP contribution is -2.20. The maximum Gasteiger partial charge on any atom is 0.0702 e. The first-order chi connectivity index (χ1) is 16.6. The van der Waals surface area contributed by atoms with E-state index in [1.807, 2.05) is 30.6 Å². The predicted octanol–water partition coefficient (Wildman–Crippen LogP) is 7.57. The number of aromatic nitrogens is 3. The second kappa shape index (κ2) is 7.96. The normalized spacial score (nSPS) is 11.8. The van der Waals surface area contributed by atoms with Gasteiger partial charge >= 0.3 is 0 Å². The molecule has 0 aliphatic rings. The molecule has 0 aliphatic heterocycles. The summed E-state index contributed by atoms with van der Waals surface area (Å²) in [5.74, 6) is 0. The molecular formula is C31H25N3. The number of rotatable bonds is 4. The van der Waals surface area contributed by atoms with E-state index < -0.39 is 0 Å². The number of hydrogen-bond acceptors (Lipinski definition) is 2. The highest BCUT2D eigenvalue weighted by atomic mass is 15.0. The largest absolute Gasteiger partial charge is 0.309 e. The fourth-order valence-electron chi connectivity index (χ4n) is 4.86. The van der Waals surface area contributed by atoms with Crippen molar-refractivity contribution in [2.24, 2.45) is 0 Å². The quantitative estimate of drug-likeness (QED) is 0.284. The van der Waals surface area contributed by atoms with Crippen LogP contribution < -0.4 is 0 Å². The SMILES string of the molecule is CC(C)(c1ccc2c3ccccc3n(-c3cccc(-c4ccccn4)c3)c2c1)c1ccccn1. The van der Waals surface area contributed by atoms with Crippen LogP contribution in [0.2, 0.25) is 0 Å². The Hall–Kier alpha value is -4.24. The molecule has 0 unspecified atom stereocenters. The first-order valence-electron chi connectivity index (χ1n) is 11.6. The average molecular weight is 440 g/mol. The highest BCUT2D eigenvalue weighted by Gasteiger charge is 2.25. The molecule has 0 aliphatic carbocycles. The van der Waals surface area contributed by atoms with Gasteiger partial charge in [-0.05, 0) is 54.1 Å². The van der Waals surface area contributed by atoms with Gasteiger partial charge in [-0.15, -0.1) is 0 Å². The van der Waals surface area contributed by atoms with Gasteiger partial charge in [0.2, 0.25) is 0 Å². The fourth-order valence-corrected chi connectivity index (χ4v) is 4.86. The van der Waals surface area contributed by atoms with Crippen molar-refractivity contribution in [3.8, 4) is 16.9 Å². The molecule has 34 heavy (non-hydrogen) atoms. The number of fused-ring (bicyclic) bond motifs is 3. The molecule has 0 amide bonds. The van der Waals surface area contributed by atoms with E-state index in [-0.39, 0.29) is 5.41 Å². The number of hydrogen-bond donors (Lipinski definition) is 0. The van der Waals surface area contributed by atoms with Crippen LogP contribution in [0.4, 0.5) is 0 Å². The van der Waals surface area contributed by atoms with Crippen LogP contribution in [0, 0.1) is 0 Å². The Morgan fingerprint density at radius 2 is 1.38 bits per heavy atom. The minimum atomic E-state index is -0.216. The van der Waals surface area contributed by atoms with Crippen molar-refractivity contribution in [2.45, 2.75) is 19.3 Å². The van der Waals surface area contributed by atoms with Crippen molar-refractivity contribution >= 4 is 21.8 Å². The van der Waals surface area contributed by atoms with Crippen LogP contribution in [0.5, 0.6) is 0 Å². The van der Waals surface area contributed by atoms with E-state index in [4.69, 9.17) is 0 Å². The topological polar surface area (TPSA) is 30.7 Å². The lowest BCUT2D eigenvalue weighted by molar-refractivity contribution is 0.617. The van der Waals surface area contributed by atoms with Crippen LogP contribution in [0.15, 0.2) is 116 Å². The van der Waals surface area contributed by atoms with Crippen molar-refractivity contribution in [3.05, 3.63) is 127 Å². The van der Waals surface area contributed by atoms with Crippen molar-refractivity contribution < 1.29 is 0 Å². The lowest BCUT2D eigenvalue weighted by Gasteiger charge is -2.25. The summed E-state index contributed by atoms with van der Waals surface area (Å²) in [5.41, 5.74) is 7.69. The number of benzene rings is 3. The number of pyridine rings is 2. The van der Waals surface area contributed by atoms with Gasteiger partial charge in [0.15, 0.2) is 0 Å². The molecule has 164 valence electrons. The van der Waals surface area contributed by atoms with Gasteiger partial charge in [-0.1, -0.05) is 68.4 Å². The fraction of sp³-hybridized carbons (Fsp3) is 0.0968. The lowest BCUT2D eigenvalue weighted by atomic mass is 9.81. The summed E-state index contributed by atoms with van der Waals surface area (Å²) in [6.07, 6.45) is 3.71. The maximum atomic E-state index is 4.66. The Balaban J connectivity index is 1.60. The molecule has 0 N–H and O–H groups in total. The molecule has 3 heterocycles. The van der Waals surface area contributed by atoms with Gasteiger partial charge in [0, 0.05) is 39.8 Å². The molecule has 0 radical (unpaired) electrons. The smallest absolute Gasteiger partial charge is 0.0702 e. The average Bonchev–Trinajstić information content (AvgIpc) is 3.23. The molecule has 3 nitrogen and oxygen atoms in total. The zero-order chi connectivity index (χ0) is 23.1. The Morgan fingerprint density at radius 1 is 0.618 bits per heavy atom. The van der Waals surface area contributed by atoms with Crippen molar-refractivity contribution in [1.82, 2.24) is 14.5 Å². The van der Waals surface area contributed by atoms with Gasteiger partial charge in [-0.3, -0.25) is 9.97 Å². The van der Waals surface area contributed by atoms with Crippen molar-refractivity contribution in [3.63, 3.8) is 0 Å². The van der Waals surface area contributed by atoms with E-state index in [1.165, 1.54) is 27.4 Å². The minimum absolute atomic E-state index is 0.216. The summed E-state index contributed by atoms with van der Waals surface area (Å²) in [6, 6.07) is 36.3. The number of nitrogens with zero attached hydrogens (tertiary/aromatic N) is 3. The second-order valence-corrected chi connectivity index (χ2v) is 9.19. The minimum Gasteiger partial charge on any atom is -0.309 e. The van der Waals surface area contributed by atoms with Crippen molar-refractivity contribution in [1.29, 1.82) is 0 Å². The Bertz CT molecular complexity index is 1610. The first-order valence-corrected chi connectivity index (χ1v) is 11.6. The molecule has 0 spiro atoms. The highest BCUT2D eigenvalue weighted by Crippen LogP contribution is 2.37. The van der Waals surface area contributed by atoms with E-state index in [2.05, 4.69) is 113 Å². The van der Waals surface area contributed by atoms with Gasteiger partial charge < -0.3 is 4.57 Å². The molecule has 3 aromatic heterocycles. The summed E-state index contributed by atoms with van der Waals surface area (Å²) in [7, 11) is 0. The van der Waals surface area contributed by atoms with E-state index in [0.29, 0.717) is 0 Å². The molecule has 6 rings (SSSR count). The predicted molar refractivity (Wildman–Crippen MR) is 140 cm³/mol. The molecule has 0 fully saturated rings. The molecule has 6 aromatic rings. The Labute approximate surface area is 199 Å². The van der Waals surface area contributed by atoms with Crippen LogP contribution in [0.25, 0.3) is 38.8 Å². The van der Waals surface area contributed by atoms with Gasteiger partial charge in [-0.25, -0.2) is 0 Å². The third-order valence-electron chi connectivity index (χ3n) is 6.77. The second-order valence-electron chi connectivity index (χ2n) is 9.19. The zero-order valence-corrected chi connectivity index (χ0v) is 19.3.